The molecule has 2 unspecified atom stereocenters. The fourth-order valence-electron chi connectivity index (χ4n) is 2.54. The molecule has 1 saturated carbocycles. The number of ketones is 1. The van der Waals surface area contributed by atoms with Crippen molar-refractivity contribution in [1.82, 2.24) is 0 Å². The van der Waals surface area contributed by atoms with Gasteiger partial charge < -0.3 is 0 Å². The van der Waals surface area contributed by atoms with Crippen LogP contribution in [0.15, 0.2) is 0 Å². The van der Waals surface area contributed by atoms with E-state index in [1.165, 1.54) is 0 Å². The summed E-state index contributed by atoms with van der Waals surface area (Å²) < 4.78 is 0. The molecule has 2 atom stereocenters. The highest BCUT2D eigenvalue weighted by atomic mass is 28.3. The molecule has 2 nitrogen and oxygen atoms in total. The summed E-state index contributed by atoms with van der Waals surface area (Å²) in [7, 11) is -1.29. The van der Waals surface area contributed by atoms with Gasteiger partial charge in [0, 0.05) is 12.8 Å². The van der Waals surface area contributed by atoms with Crippen LogP contribution in [0.3, 0.4) is 0 Å². The van der Waals surface area contributed by atoms with E-state index in [-0.39, 0.29) is 17.6 Å². The van der Waals surface area contributed by atoms with Gasteiger partial charge in [-0.25, -0.2) is 0 Å². The predicted octanol–water partition coefficient (Wildman–Crippen LogP) is 3.94. The van der Waals surface area contributed by atoms with Crippen LogP contribution >= 0.6 is 0 Å². The third-order valence-corrected chi connectivity index (χ3v) is 4.49. The molecule has 19 heavy (non-hydrogen) atoms. The molecule has 3 heteroatoms. The van der Waals surface area contributed by atoms with Crippen LogP contribution in [0.25, 0.3) is 0 Å². The maximum atomic E-state index is 11.9. The van der Waals surface area contributed by atoms with Crippen LogP contribution in [0.2, 0.25) is 19.6 Å². The van der Waals surface area contributed by atoms with E-state index in [9.17, 15) is 10.1 Å². The molecule has 0 aromatic carbocycles. The van der Waals surface area contributed by atoms with Gasteiger partial charge in [-0.15, -0.1) is 11.5 Å². The lowest BCUT2D eigenvalue weighted by atomic mass is 9.79. The van der Waals surface area contributed by atoms with E-state index in [2.05, 4.69) is 37.2 Å². The fraction of sp³-hybridized carbons (Fsp3) is 0.750. The summed E-state index contributed by atoms with van der Waals surface area (Å²) in [4.78, 5) is 11.9. The van der Waals surface area contributed by atoms with E-state index in [1.807, 2.05) is 0 Å². The molecular formula is C16H25NOSi. The fourth-order valence-corrected chi connectivity index (χ4v) is 3.20. The third kappa shape index (κ3) is 6.08. The van der Waals surface area contributed by atoms with Crippen LogP contribution < -0.4 is 0 Å². The molecule has 0 saturated heterocycles. The molecule has 0 radical (unpaired) electrons. The second-order valence-electron chi connectivity index (χ2n) is 6.52. The average Bonchev–Trinajstić information content (AvgIpc) is 2.30. The maximum absolute atomic E-state index is 11.9. The Hall–Kier alpha value is -1.06. The summed E-state index contributed by atoms with van der Waals surface area (Å²) >= 11 is 0. The summed E-state index contributed by atoms with van der Waals surface area (Å²) in [6.07, 6.45) is 6.58. The molecule has 0 heterocycles. The molecule has 1 aliphatic carbocycles. The Morgan fingerprint density at radius 3 is 2.63 bits per heavy atom. The molecule has 0 aromatic rings. The quantitative estimate of drug-likeness (QED) is 0.566. The maximum Gasteiger partial charge on any atom is 0.150 e. The normalized spacial score (nSPS) is 24.6. The highest BCUT2D eigenvalue weighted by molar-refractivity contribution is 6.83. The van der Waals surface area contributed by atoms with Gasteiger partial charge >= 0.3 is 0 Å². The van der Waals surface area contributed by atoms with Crippen LogP contribution in [0.5, 0.6) is 0 Å². The van der Waals surface area contributed by atoms with Crippen LogP contribution in [0.1, 0.15) is 44.9 Å². The number of hydrogen-bond acceptors (Lipinski definition) is 2. The van der Waals surface area contributed by atoms with Gasteiger partial charge in [0.25, 0.3) is 0 Å². The number of nitriles is 1. The van der Waals surface area contributed by atoms with E-state index < -0.39 is 8.07 Å². The lowest BCUT2D eigenvalue weighted by molar-refractivity contribution is -0.123. The first-order valence-electron chi connectivity index (χ1n) is 7.36. The second kappa shape index (κ2) is 7.51. The standard InChI is InChI=1S/C16H25NOSi/c1-19(2,3)12-8-7-10-14-9-5-4-6-11-16(18)15(14)13-17/h14-15H,4-7,9-11H2,1-3H3. The molecule has 1 aliphatic rings. The number of carbonyl (C=O) groups is 1. The number of hydrogen-bond donors (Lipinski definition) is 0. The van der Waals surface area contributed by atoms with Crippen molar-refractivity contribution in [2.75, 3.05) is 0 Å². The van der Waals surface area contributed by atoms with Gasteiger partial charge in [-0.1, -0.05) is 32.5 Å². The minimum absolute atomic E-state index is 0.158. The highest BCUT2D eigenvalue weighted by Gasteiger charge is 2.28. The number of nitrogens with zero attached hydrogens (tertiary/aromatic N) is 1. The van der Waals surface area contributed by atoms with Crippen molar-refractivity contribution in [2.45, 2.75) is 64.6 Å². The summed E-state index contributed by atoms with van der Waals surface area (Å²) in [5.41, 5.74) is 3.35. The molecule has 0 aliphatic heterocycles. The summed E-state index contributed by atoms with van der Waals surface area (Å²) in [6, 6.07) is 2.24. The van der Waals surface area contributed by atoms with Gasteiger partial charge in [0.1, 0.15) is 19.8 Å². The van der Waals surface area contributed by atoms with Crippen molar-refractivity contribution in [3.63, 3.8) is 0 Å². The van der Waals surface area contributed by atoms with E-state index in [4.69, 9.17) is 0 Å². The molecule has 1 rings (SSSR count). The number of Topliss-reactive ketones (excluding diaryl/α,β-unsaturated/α-hetero) is 1. The molecule has 0 bridgehead atoms. The Kier molecular flexibility index (Phi) is 6.32. The molecule has 0 spiro atoms. The van der Waals surface area contributed by atoms with Gasteiger partial charge in [0.15, 0.2) is 0 Å². The zero-order chi connectivity index (χ0) is 14.3. The Bertz CT molecular complexity index is 405. The zero-order valence-corrected chi connectivity index (χ0v) is 13.5. The van der Waals surface area contributed by atoms with E-state index in [1.54, 1.807) is 0 Å². The van der Waals surface area contributed by atoms with Gasteiger partial charge in [-0.2, -0.15) is 5.26 Å². The lowest BCUT2D eigenvalue weighted by Crippen LogP contribution is -2.24. The zero-order valence-electron chi connectivity index (χ0n) is 12.5. The van der Waals surface area contributed by atoms with E-state index in [0.717, 1.165) is 38.5 Å². The van der Waals surface area contributed by atoms with Crippen molar-refractivity contribution in [3.8, 4) is 17.5 Å². The molecular weight excluding hydrogens is 250 g/mol. The largest absolute Gasteiger partial charge is 0.298 e. The van der Waals surface area contributed by atoms with Crippen LogP contribution in [0, 0.1) is 34.6 Å². The molecule has 1 fully saturated rings. The molecule has 0 amide bonds. The first-order chi connectivity index (χ1) is 8.94. The first kappa shape index (κ1) is 16.0. The van der Waals surface area contributed by atoms with Gasteiger partial charge in [-0.3, -0.25) is 4.79 Å². The van der Waals surface area contributed by atoms with Gasteiger partial charge in [-0.05, 0) is 25.2 Å². The van der Waals surface area contributed by atoms with Crippen LogP contribution in [0.4, 0.5) is 0 Å². The van der Waals surface area contributed by atoms with Crippen LogP contribution in [-0.2, 0) is 4.79 Å². The summed E-state index contributed by atoms with van der Waals surface area (Å²) in [6.45, 7) is 6.70. The Labute approximate surface area is 118 Å². The van der Waals surface area contributed by atoms with E-state index in [0.29, 0.717) is 6.42 Å². The summed E-state index contributed by atoms with van der Waals surface area (Å²) in [5.74, 6) is 3.27. The minimum atomic E-state index is -1.29. The smallest absolute Gasteiger partial charge is 0.150 e. The SMILES string of the molecule is C[Si](C)(C)C#CCCC1CCCCCC(=O)C1C#N. The Balaban J connectivity index is 2.58. The topological polar surface area (TPSA) is 40.9 Å². The van der Waals surface area contributed by atoms with E-state index >= 15 is 0 Å². The molecule has 104 valence electrons. The average molecular weight is 275 g/mol. The number of rotatable bonds is 2. The van der Waals surface area contributed by atoms with Gasteiger partial charge in [0.2, 0.25) is 0 Å². The monoisotopic (exact) mass is 275 g/mol. The van der Waals surface area contributed by atoms with Crippen molar-refractivity contribution in [2.24, 2.45) is 11.8 Å². The van der Waals surface area contributed by atoms with Crippen molar-refractivity contribution in [3.05, 3.63) is 0 Å². The predicted molar refractivity (Wildman–Crippen MR) is 81.0 cm³/mol. The second-order valence-corrected chi connectivity index (χ2v) is 11.3. The third-order valence-electron chi connectivity index (χ3n) is 3.56. The van der Waals surface area contributed by atoms with Crippen molar-refractivity contribution in [1.29, 1.82) is 5.26 Å². The van der Waals surface area contributed by atoms with Crippen molar-refractivity contribution < 1.29 is 4.79 Å². The minimum Gasteiger partial charge on any atom is -0.298 e. The first-order valence-corrected chi connectivity index (χ1v) is 10.9. The molecule has 0 N–H and O–H groups in total. The highest BCUT2D eigenvalue weighted by Crippen LogP contribution is 2.28. The van der Waals surface area contributed by atoms with Crippen molar-refractivity contribution >= 4 is 13.9 Å². The van der Waals surface area contributed by atoms with Crippen LogP contribution in [-0.4, -0.2) is 13.9 Å². The Morgan fingerprint density at radius 2 is 2.00 bits per heavy atom. The van der Waals surface area contributed by atoms with Gasteiger partial charge in [0.05, 0.1) is 6.07 Å². The lowest BCUT2D eigenvalue weighted by Gasteiger charge is -2.22. The number of carbonyl (C=O) groups excluding carboxylic acids is 1. The summed E-state index contributed by atoms with van der Waals surface area (Å²) in [5, 5.41) is 9.23. The molecule has 0 aromatic heterocycles. The Morgan fingerprint density at radius 1 is 1.26 bits per heavy atom.